The summed E-state index contributed by atoms with van der Waals surface area (Å²) in [7, 11) is 0. The maximum atomic E-state index is 9.14. The zero-order valence-electron chi connectivity index (χ0n) is 11.6. The second-order valence-corrected chi connectivity index (χ2v) is 5.15. The van der Waals surface area contributed by atoms with Gasteiger partial charge in [0.05, 0.1) is 11.6 Å². The lowest BCUT2D eigenvalue weighted by atomic mass is 9.99. The summed E-state index contributed by atoms with van der Waals surface area (Å²) in [6.07, 6.45) is 2.33. The largest absolute Gasteiger partial charge is 0.381 e. The molecule has 0 saturated carbocycles. The van der Waals surface area contributed by atoms with Gasteiger partial charge in [0.2, 0.25) is 0 Å². The first-order chi connectivity index (χ1) is 9.33. The maximum Gasteiger partial charge on any atom is 0.0995 e. The van der Waals surface area contributed by atoms with Crippen molar-refractivity contribution in [2.75, 3.05) is 26.3 Å². The van der Waals surface area contributed by atoms with Crippen LogP contribution >= 0.6 is 0 Å². The molecule has 1 aromatic carbocycles. The quantitative estimate of drug-likeness (QED) is 0.815. The summed E-state index contributed by atoms with van der Waals surface area (Å²) in [6.45, 7) is 7.00. The van der Waals surface area contributed by atoms with Gasteiger partial charge in [-0.2, -0.15) is 5.26 Å². The van der Waals surface area contributed by atoms with Gasteiger partial charge in [0.15, 0.2) is 0 Å². The van der Waals surface area contributed by atoms with Crippen LogP contribution in [0.1, 0.15) is 30.9 Å². The minimum absolute atomic E-state index is 0.739. The predicted molar refractivity (Wildman–Crippen MR) is 75.7 cm³/mol. The minimum Gasteiger partial charge on any atom is -0.381 e. The lowest BCUT2D eigenvalue weighted by molar-refractivity contribution is 0.0521. The van der Waals surface area contributed by atoms with Crippen LogP contribution in [0.25, 0.3) is 0 Å². The van der Waals surface area contributed by atoms with Crippen molar-refractivity contribution in [1.82, 2.24) is 4.90 Å². The first-order valence-corrected chi connectivity index (χ1v) is 7.11. The summed E-state index contributed by atoms with van der Waals surface area (Å²) < 4.78 is 5.41. The second-order valence-electron chi connectivity index (χ2n) is 5.15. The number of nitrogens with zero attached hydrogens (tertiary/aromatic N) is 2. The highest BCUT2D eigenvalue weighted by molar-refractivity contribution is 5.37. The van der Waals surface area contributed by atoms with Crippen molar-refractivity contribution in [2.45, 2.75) is 26.3 Å². The fourth-order valence-corrected chi connectivity index (χ4v) is 2.61. The molecule has 102 valence electrons. The van der Waals surface area contributed by atoms with Gasteiger partial charge in [-0.3, -0.25) is 4.90 Å². The molecule has 1 heterocycles. The molecule has 3 heteroatoms. The van der Waals surface area contributed by atoms with Gasteiger partial charge in [0.1, 0.15) is 0 Å². The molecule has 0 radical (unpaired) electrons. The van der Waals surface area contributed by atoms with E-state index in [-0.39, 0.29) is 0 Å². The predicted octanol–water partition coefficient (Wildman–Crippen LogP) is 2.81. The maximum absolute atomic E-state index is 9.14. The van der Waals surface area contributed by atoms with Crippen molar-refractivity contribution >= 4 is 0 Å². The van der Waals surface area contributed by atoms with Crippen LogP contribution in [0.4, 0.5) is 0 Å². The molecule has 19 heavy (non-hydrogen) atoms. The van der Waals surface area contributed by atoms with Crippen LogP contribution in [-0.2, 0) is 11.3 Å². The molecule has 0 aliphatic carbocycles. The Morgan fingerprint density at radius 2 is 2.05 bits per heavy atom. The molecule has 0 N–H and O–H groups in total. The highest BCUT2D eigenvalue weighted by atomic mass is 16.5. The van der Waals surface area contributed by atoms with Crippen molar-refractivity contribution in [2.24, 2.45) is 5.92 Å². The van der Waals surface area contributed by atoms with Gasteiger partial charge in [-0.05, 0) is 36.9 Å². The first kappa shape index (κ1) is 14.0. The second kappa shape index (κ2) is 7.28. The number of nitriles is 1. The van der Waals surface area contributed by atoms with E-state index in [4.69, 9.17) is 10.00 Å². The Labute approximate surface area is 115 Å². The zero-order chi connectivity index (χ0) is 13.5. The van der Waals surface area contributed by atoms with Gasteiger partial charge in [-0.15, -0.1) is 0 Å². The number of rotatable bonds is 5. The monoisotopic (exact) mass is 258 g/mol. The lowest BCUT2D eigenvalue weighted by Crippen LogP contribution is -2.32. The number of ether oxygens (including phenoxy) is 1. The van der Waals surface area contributed by atoms with Gasteiger partial charge in [-0.1, -0.05) is 25.1 Å². The van der Waals surface area contributed by atoms with E-state index in [0.29, 0.717) is 0 Å². The van der Waals surface area contributed by atoms with Crippen LogP contribution in [0.15, 0.2) is 24.3 Å². The molecule has 0 amide bonds. The van der Waals surface area contributed by atoms with Crippen LogP contribution in [0.3, 0.4) is 0 Å². The van der Waals surface area contributed by atoms with E-state index in [1.165, 1.54) is 0 Å². The lowest BCUT2D eigenvalue weighted by Gasteiger charge is -2.29. The van der Waals surface area contributed by atoms with E-state index in [2.05, 4.69) is 24.0 Å². The summed E-state index contributed by atoms with van der Waals surface area (Å²) in [5, 5.41) is 9.14. The summed E-state index contributed by atoms with van der Waals surface area (Å²) in [5.74, 6) is 0.739. The molecule has 0 bridgehead atoms. The summed E-state index contributed by atoms with van der Waals surface area (Å²) >= 11 is 0. The van der Waals surface area contributed by atoms with E-state index < -0.39 is 0 Å². The fraction of sp³-hybridized carbons (Fsp3) is 0.562. The number of benzene rings is 1. The fourth-order valence-electron chi connectivity index (χ4n) is 2.61. The van der Waals surface area contributed by atoms with E-state index in [1.807, 2.05) is 18.2 Å². The highest BCUT2D eigenvalue weighted by Crippen LogP contribution is 2.18. The summed E-state index contributed by atoms with van der Waals surface area (Å²) in [4.78, 5) is 2.44. The molecule has 3 nitrogen and oxygen atoms in total. The van der Waals surface area contributed by atoms with Gasteiger partial charge >= 0.3 is 0 Å². The van der Waals surface area contributed by atoms with Crippen molar-refractivity contribution in [1.29, 1.82) is 5.26 Å². The molecule has 0 unspecified atom stereocenters. The SMILES string of the molecule is CCN(Cc1ccccc1C#N)CC1CCOCC1. The van der Waals surface area contributed by atoms with Crippen LogP contribution < -0.4 is 0 Å². The Balaban J connectivity index is 1.96. The van der Waals surface area contributed by atoms with Crippen molar-refractivity contribution in [3.05, 3.63) is 35.4 Å². The van der Waals surface area contributed by atoms with E-state index in [1.54, 1.807) is 0 Å². The standard InChI is InChI=1S/C16H22N2O/c1-2-18(12-14-7-9-19-10-8-14)13-16-6-4-3-5-15(16)11-17/h3-6,14H,2,7-10,12-13H2,1H3. The molecule has 0 spiro atoms. The van der Waals surface area contributed by atoms with Gasteiger partial charge in [0, 0.05) is 26.3 Å². The first-order valence-electron chi connectivity index (χ1n) is 7.11. The Hall–Kier alpha value is -1.37. The normalized spacial score (nSPS) is 16.5. The van der Waals surface area contributed by atoms with E-state index in [0.717, 1.165) is 62.7 Å². The van der Waals surface area contributed by atoms with Crippen molar-refractivity contribution < 1.29 is 4.74 Å². The molecular weight excluding hydrogens is 236 g/mol. The molecular formula is C16H22N2O. The third-order valence-electron chi connectivity index (χ3n) is 3.84. The van der Waals surface area contributed by atoms with Crippen LogP contribution in [-0.4, -0.2) is 31.2 Å². The van der Waals surface area contributed by atoms with E-state index >= 15 is 0 Å². The number of hydrogen-bond donors (Lipinski definition) is 0. The minimum atomic E-state index is 0.739. The summed E-state index contributed by atoms with van der Waals surface area (Å²) in [5.41, 5.74) is 1.94. The molecule has 0 aromatic heterocycles. The molecule has 0 atom stereocenters. The zero-order valence-corrected chi connectivity index (χ0v) is 11.6. The van der Waals surface area contributed by atoms with Crippen LogP contribution in [0.2, 0.25) is 0 Å². The topological polar surface area (TPSA) is 36.3 Å². The molecule has 1 saturated heterocycles. The average Bonchev–Trinajstić information content (AvgIpc) is 2.48. The number of hydrogen-bond acceptors (Lipinski definition) is 3. The van der Waals surface area contributed by atoms with Crippen molar-refractivity contribution in [3.63, 3.8) is 0 Å². The third kappa shape index (κ3) is 4.05. The third-order valence-corrected chi connectivity index (χ3v) is 3.84. The van der Waals surface area contributed by atoms with Gasteiger partial charge < -0.3 is 4.74 Å². The van der Waals surface area contributed by atoms with Gasteiger partial charge in [-0.25, -0.2) is 0 Å². The molecule has 1 fully saturated rings. The van der Waals surface area contributed by atoms with Crippen LogP contribution in [0.5, 0.6) is 0 Å². The van der Waals surface area contributed by atoms with E-state index in [9.17, 15) is 0 Å². The Kier molecular flexibility index (Phi) is 5.38. The Morgan fingerprint density at radius 3 is 2.74 bits per heavy atom. The molecule has 2 rings (SSSR count). The average molecular weight is 258 g/mol. The van der Waals surface area contributed by atoms with Gasteiger partial charge in [0.25, 0.3) is 0 Å². The molecule has 1 aliphatic heterocycles. The molecule has 1 aliphatic rings. The Morgan fingerprint density at radius 1 is 1.32 bits per heavy atom. The summed E-state index contributed by atoms with van der Waals surface area (Å²) in [6, 6.07) is 10.2. The highest BCUT2D eigenvalue weighted by Gasteiger charge is 2.17. The van der Waals surface area contributed by atoms with Crippen LogP contribution in [0, 0.1) is 17.2 Å². The van der Waals surface area contributed by atoms with Crippen molar-refractivity contribution in [3.8, 4) is 6.07 Å². The Bertz CT molecular complexity index is 433. The smallest absolute Gasteiger partial charge is 0.0995 e. The molecule has 1 aromatic rings.